The van der Waals surface area contributed by atoms with Gasteiger partial charge in [-0.3, -0.25) is 9.59 Å². The van der Waals surface area contributed by atoms with Crippen molar-refractivity contribution in [2.75, 3.05) is 38.6 Å². The normalized spacial score (nSPS) is 21.0. The van der Waals surface area contributed by atoms with Gasteiger partial charge in [0.15, 0.2) is 5.78 Å². The molecule has 2 fully saturated rings. The zero-order chi connectivity index (χ0) is 33.2. The lowest BCUT2D eigenvalue weighted by atomic mass is 9.76. The number of Topliss-reactive ketones (excluding diaryl/α,β-unsaturated/α-hetero) is 1. The molecule has 0 spiro atoms. The number of benzene rings is 3. The minimum absolute atomic E-state index is 0.255. The van der Waals surface area contributed by atoms with E-state index in [1.54, 1.807) is 62.3 Å². The molecule has 1 aromatic heterocycles. The Kier molecular flexibility index (Phi) is 9.13. The molecule has 0 saturated carbocycles. The molecular weight excluding hydrogens is 599 g/mol. The molecule has 4 atom stereocenters. The summed E-state index contributed by atoms with van der Waals surface area (Å²) < 4.78 is 25.6. The number of ketones is 1. The fraction of sp³-hybridized carbons (Fsp3) is 0.324. The second kappa shape index (κ2) is 13.4. The van der Waals surface area contributed by atoms with Gasteiger partial charge in [-0.2, -0.15) is 0 Å². The van der Waals surface area contributed by atoms with Crippen LogP contribution in [0.3, 0.4) is 0 Å². The average molecular weight is 639 g/mol. The second-order valence-electron chi connectivity index (χ2n) is 12.2. The van der Waals surface area contributed by atoms with Crippen molar-refractivity contribution < 1.29 is 27.9 Å². The number of hydrogen-bond donors (Lipinski definition) is 2. The first-order valence-corrected chi connectivity index (χ1v) is 15.8. The van der Waals surface area contributed by atoms with Crippen molar-refractivity contribution in [3.63, 3.8) is 0 Å². The molecule has 2 aliphatic heterocycles. The van der Waals surface area contributed by atoms with Gasteiger partial charge in [-0.25, -0.2) is 9.18 Å². The van der Waals surface area contributed by atoms with Crippen LogP contribution in [-0.2, 0) is 4.79 Å². The Morgan fingerprint density at radius 2 is 1.60 bits per heavy atom. The van der Waals surface area contributed by atoms with E-state index in [0.29, 0.717) is 65.8 Å². The zero-order valence-corrected chi connectivity index (χ0v) is 27.0. The van der Waals surface area contributed by atoms with Crippen LogP contribution in [0, 0.1) is 32.5 Å². The summed E-state index contributed by atoms with van der Waals surface area (Å²) in [6.07, 6.45) is 0. The predicted molar refractivity (Wildman–Crippen MR) is 176 cm³/mol. The standard InChI is InChI=1S/C37H39FN4O5/c1-22-6-5-7-28(20-22)40-37(45)42-33(26-8-12-27(38)13-9-26)32(35(43)30-21-23(2)47-24(30)3)31(25-10-14-29(46-4)15-11-25)34(42)36(44)41-18-16-39-17-19-41/h5-15,20-21,31-34,39H,16-19H2,1-4H3,(H,40,45). The number of likely N-dealkylation sites (tertiary alicyclic amines) is 1. The Balaban J connectivity index is 1.59. The maximum absolute atomic E-state index is 14.9. The lowest BCUT2D eigenvalue weighted by Gasteiger charge is -2.36. The van der Waals surface area contributed by atoms with Crippen LogP contribution in [0.2, 0.25) is 0 Å². The first kappa shape index (κ1) is 32.0. The van der Waals surface area contributed by atoms with Crippen LogP contribution in [0.5, 0.6) is 5.75 Å². The quantitative estimate of drug-likeness (QED) is 0.240. The number of carbonyl (C=O) groups is 3. The Morgan fingerprint density at radius 1 is 0.915 bits per heavy atom. The van der Waals surface area contributed by atoms with Gasteiger partial charge in [0, 0.05) is 37.8 Å². The number of hydrogen-bond acceptors (Lipinski definition) is 6. The Bertz CT molecular complexity index is 1760. The molecule has 0 bridgehead atoms. The van der Waals surface area contributed by atoms with E-state index in [4.69, 9.17) is 9.15 Å². The number of halogens is 1. The number of carbonyl (C=O) groups excluding carboxylic acids is 3. The van der Waals surface area contributed by atoms with Gasteiger partial charge in [-0.15, -0.1) is 0 Å². The van der Waals surface area contributed by atoms with Crippen molar-refractivity contribution in [2.45, 2.75) is 38.8 Å². The Labute approximate surface area is 273 Å². The first-order valence-electron chi connectivity index (χ1n) is 15.8. The summed E-state index contributed by atoms with van der Waals surface area (Å²) in [5.41, 5.74) is 3.12. The van der Waals surface area contributed by atoms with E-state index in [1.165, 1.54) is 17.0 Å². The molecule has 9 nitrogen and oxygen atoms in total. The van der Waals surface area contributed by atoms with Gasteiger partial charge in [-0.05, 0) is 79.9 Å². The smallest absolute Gasteiger partial charge is 0.323 e. The number of aryl methyl sites for hydroxylation is 3. The lowest BCUT2D eigenvalue weighted by Crippen LogP contribution is -2.55. The molecule has 2 aliphatic rings. The van der Waals surface area contributed by atoms with Gasteiger partial charge >= 0.3 is 6.03 Å². The molecule has 4 unspecified atom stereocenters. The monoisotopic (exact) mass is 638 g/mol. The van der Waals surface area contributed by atoms with E-state index in [9.17, 15) is 18.8 Å². The number of nitrogens with zero attached hydrogens (tertiary/aromatic N) is 2. The van der Waals surface area contributed by atoms with E-state index in [1.807, 2.05) is 37.3 Å². The fourth-order valence-corrected chi connectivity index (χ4v) is 7.03. The second-order valence-corrected chi connectivity index (χ2v) is 12.2. The number of methoxy groups -OCH3 is 1. The predicted octanol–water partition coefficient (Wildman–Crippen LogP) is 6.02. The molecule has 3 aromatic carbocycles. The molecule has 0 aliphatic carbocycles. The molecule has 3 amide bonds. The Hall–Kier alpha value is -4.96. The minimum Gasteiger partial charge on any atom is -0.497 e. The number of anilines is 1. The van der Waals surface area contributed by atoms with Crippen LogP contribution in [0.1, 0.15) is 50.5 Å². The number of urea groups is 1. The summed E-state index contributed by atoms with van der Waals surface area (Å²) in [6, 6.07) is 19.6. The van der Waals surface area contributed by atoms with Crippen LogP contribution in [-0.4, -0.2) is 66.9 Å². The average Bonchev–Trinajstić information content (AvgIpc) is 3.61. The third kappa shape index (κ3) is 6.38. The fourth-order valence-electron chi connectivity index (χ4n) is 7.03. The highest BCUT2D eigenvalue weighted by molar-refractivity contribution is 6.03. The van der Waals surface area contributed by atoms with Gasteiger partial charge in [0.1, 0.15) is 29.1 Å². The van der Waals surface area contributed by atoms with E-state index >= 15 is 0 Å². The maximum atomic E-state index is 14.9. The summed E-state index contributed by atoms with van der Waals surface area (Å²) in [5, 5.41) is 6.29. The molecule has 2 N–H and O–H groups in total. The molecule has 244 valence electrons. The van der Waals surface area contributed by atoms with Crippen molar-refractivity contribution in [3.05, 3.63) is 118 Å². The van der Waals surface area contributed by atoms with Gasteiger partial charge in [-0.1, -0.05) is 36.4 Å². The highest BCUT2D eigenvalue weighted by Gasteiger charge is 2.58. The van der Waals surface area contributed by atoms with E-state index in [0.717, 1.165) is 5.56 Å². The van der Waals surface area contributed by atoms with Crippen molar-refractivity contribution in [2.24, 2.45) is 5.92 Å². The van der Waals surface area contributed by atoms with E-state index in [2.05, 4.69) is 10.6 Å². The van der Waals surface area contributed by atoms with Gasteiger partial charge in [0.2, 0.25) is 5.91 Å². The van der Waals surface area contributed by atoms with E-state index in [-0.39, 0.29) is 11.7 Å². The molecule has 4 aromatic rings. The van der Waals surface area contributed by atoms with Crippen molar-refractivity contribution in [1.82, 2.24) is 15.1 Å². The minimum atomic E-state index is -1.07. The summed E-state index contributed by atoms with van der Waals surface area (Å²) in [6.45, 7) is 7.56. The zero-order valence-electron chi connectivity index (χ0n) is 27.0. The van der Waals surface area contributed by atoms with E-state index < -0.39 is 35.8 Å². The summed E-state index contributed by atoms with van der Waals surface area (Å²) in [4.78, 5) is 47.6. The molecule has 10 heteroatoms. The Morgan fingerprint density at radius 3 is 2.21 bits per heavy atom. The van der Waals surface area contributed by atoms with Crippen molar-refractivity contribution in [1.29, 1.82) is 0 Å². The maximum Gasteiger partial charge on any atom is 0.323 e. The van der Waals surface area contributed by atoms with Gasteiger partial charge in [0.05, 0.1) is 24.6 Å². The molecule has 47 heavy (non-hydrogen) atoms. The largest absolute Gasteiger partial charge is 0.497 e. The van der Waals surface area contributed by atoms with Gasteiger partial charge in [0.25, 0.3) is 0 Å². The van der Waals surface area contributed by atoms with Crippen LogP contribution in [0.25, 0.3) is 0 Å². The van der Waals surface area contributed by atoms with Crippen molar-refractivity contribution >= 4 is 23.4 Å². The first-order chi connectivity index (χ1) is 22.7. The molecule has 0 radical (unpaired) electrons. The lowest BCUT2D eigenvalue weighted by molar-refractivity contribution is -0.136. The topological polar surface area (TPSA) is 104 Å². The molecule has 6 rings (SSSR count). The number of amides is 3. The number of nitrogens with one attached hydrogen (secondary N) is 2. The van der Waals surface area contributed by atoms with Crippen LogP contribution in [0.15, 0.2) is 83.3 Å². The highest BCUT2D eigenvalue weighted by atomic mass is 19.1. The number of ether oxygens (including phenoxy) is 1. The highest BCUT2D eigenvalue weighted by Crippen LogP contribution is 2.52. The van der Waals surface area contributed by atoms with Crippen molar-refractivity contribution in [3.8, 4) is 5.75 Å². The molecule has 2 saturated heterocycles. The van der Waals surface area contributed by atoms with Crippen LogP contribution < -0.4 is 15.4 Å². The summed E-state index contributed by atoms with van der Waals surface area (Å²) >= 11 is 0. The molecular formula is C37H39FN4O5. The number of rotatable bonds is 7. The van der Waals surface area contributed by atoms with Crippen LogP contribution >= 0.6 is 0 Å². The third-order valence-corrected chi connectivity index (χ3v) is 9.17. The van der Waals surface area contributed by atoms with Gasteiger partial charge < -0.3 is 29.6 Å². The SMILES string of the molecule is COc1ccc(C2C(C(=O)c3cc(C)oc3C)C(c3ccc(F)cc3)N(C(=O)Nc3cccc(C)c3)C2C(=O)N2CCNCC2)cc1. The third-order valence-electron chi connectivity index (χ3n) is 9.17. The van der Waals surface area contributed by atoms with Crippen LogP contribution in [0.4, 0.5) is 14.9 Å². The number of piperazine rings is 1. The summed E-state index contributed by atoms with van der Waals surface area (Å²) in [7, 11) is 1.57. The number of furan rings is 1. The molecule has 3 heterocycles. The summed E-state index contributed by atoms with van der Waals surface area (Å²) in [5.74, 6) is -1.02.